The van der Waals surface area contributed by atoms with E-state index in [4.69, 9.17) is 16.0 Å². The van der Waals surface area contributed by atoms with Crippen molar-refractivity contribution in [3.05, 3.63) is 27.1 Å². The van der Waals surface area contributed by atoms with Crippen molar-refractivity contribution in [2.45, 2.75) is 38.3 Å². The fourth-order valence-electron chi connectivity index (χ4n) is 3.28. The Morgan fingerprint density at radius 1 is 1.28 bits per heavy atom. The van der Waals surface area contributed by atoms with Crippen LogP contribution in [0.4, 0.5) is 13.2 Å². The van der Waals surface area contributed by atoms with Gasteiger partial charge in [-0.15, -0.1) is 24.0 Å². The van der Waals surface area contributed by atoms with Crippen LogP contribution in [-0.4, -0.2) is 24.0 Å². The highest BCUT2D eigenvalue weighted by molar-refractivity contribution is 9.10. The summed E-state index contributed by atoms with van der Waals surface area (Å²) in [6.07, 6.45) is -2.45. The zero-order valence-electron chi connectivity index (χ0n) is 13.5. The van der Waals surface area contributed by atoms with E-state index < -0.39 is 12.1 Å². The highest BCUT2D eigenvalue weighted by Gasteiger charge is 2.39. The molecule has 1 aromatic heterocycles. The van der Waals surface area contributed by atoms with Crippen LogP contribution in [0.15, 0.2) is 8.89 Å². The Balaban J connectivity index is 0.00000225. The topological polar surface area (TPSA) is 38.1 Å². The Hall–Kier alpha value is -0.500. The largest absolute Gasteiger partial charge is 0.468 e. The summed E-state index contributed by atoms with van der Waals surface area (Å²) < 4.78 is 44.9. The quantitative estimate of drug-likeness (QED) is 0.617. The summed E-state index contributed by atoms with van der Waals surface area (Å²) in [6.45, 7) is 3.54. The second-order valence-corrected chi connectivity index (χ2v) is 7.18. The van der Waals surface area contributed by atoms with Crippen molar-refractivity contribution in [2.75, 3.05) is 19.0 Å². The van der Waals surface area contributed by atoms with Crippen molar-refractivity contribution >= 4 is 51.0 Å². The van der Waals surface area contributed by atoms with E-state index in [0.717, 1.165) is 42.6 Å². The third-order valence-corrected chi connectivity index (χ3v) is 5.47. The van der Waals surface area contributed by atoms with E-state index in [1.54, 1.807) is 0 Å². The summed E-state index contributed by atoms with van der Waals surface area (Å²) in [7, 11) is 0. The molecule has 0 bridgehead atoms. The molecule has 0 saturated carbocycles. The molecule has 0 spiro atoms. The van der Waals surface area contributed by atoms with Gasteiger partial charge in [0.05, 0.1) is 4.47 Å². The maximum atomic E-state index is 13.1. The van der Waals surface area contributed by atoms with Gasteiger partial charge >= 0.3 is 12.1 Å². The number of alkyl halides is 4. The van der Waals surface area contributed by atoms with E-state index in [9.17, 15) is 13.2 Å². The monoisotopic (exact) mass is 460 g/mol. The third kappa shape index (κ3) is 3.94. The minimum Gasteiger partial charge on any atom is -0.432 e. The van der Waals surface area contributed by atoms with Gasteiger partial charge in [0.25, 0.3) is 0 Å². The molecule has 0 aliphatic carbocycles. The zero-order valence-corrected chi connectivity index (χ0v) is 16.6. The van der Waals surface area contributed by atoms with Gasteiger partial charge in [-0.25, -0.2) is 4.98 Å². The lowest BCUT2D eigenvalue weighted by Crippen LogP contribution is -2.16. The fourth-order valence-corrected chi connectivity index (χ4v) is 4.32. The first kappa shape index (κ1) is 20.8. The number of benzene rings is 1. The van der Waals surface area contributed by atoms with Gasteiger partial charge in [0.2, 0.25) is 0 Å². The van der Waals surface area contributed by atoms with Gasteiger partial charge in [-0.05, 0) is 70.9 Å². The molecule has 0 fully saturated rings. The van der Waals surface area contributed by atoms with Crippen LogP contribution in [0.2, 0.25) is 0 Å². The lowest BCUT2D eigenvalue weighted by molar-refractivity contribution is -0.156. The number of aromatic nitrogens is 1. The van der Waals surface area contributed by atoms with E-state index >= 15 is 0 Å². The number of oxazole rings is 1. The van der Waals surface area contributed by atoms with Crippen molar-refractivity contribution in [1.29, 1.82) is 0 Å². The molecule has 140 valence electrons. The molecule has 0 radical (unpaired) electrons. The Kier molecular flexibility index (Phi) is 6.68. The fraction of sp³-hybridized carbons (Fsp3) is 0.562. The van der Waals surface area contributed by atoms with Gasteiger partial charge in [-0.1, -0.05) is 6.92 Å². The predicted molar refractivity (Wildman–Crippen MR) is 98.0 cm³/mol. The molecule has 2 aromatic rings. The van der Waals surface area contributed by atoms with Gasteiger partial charge < -0.3 is 9.73 Å². The minimum atomic E-state index is -4.61. The van der Waals surface area contributed by atoms with Gasteiger partial charge in [-0.3, -0.25) is 0 Å². The molecule has 1 aromatic carbocycles. The number of nitrogens with zero attached hydrogens (tertiary/aromatic N) is 1. The van der Waals surface area contributed by atoms with Crippen molar-refractivity contribution in [3.8, 4) is 0 Å². The second-order valence-electron chi connectivity index (χ2n) is 6.01. The van der Waals surface area contributed by atoms with Crippen LogP contribution in [0.3, 0.4) is 0 Å². The molecular weight excluding hydrogens is 444 g/mol. The van der Waals surface area contributed by atoms with Crippen LogP contribution in [-0.2, 0) is 19.0 Å². The molecule has 1 aliphatic rings. The van der Waals surface area contributed by atoms with Crippen LogP contribution in [0, 0.1) is 0 Å². The molecule has 9 heteroatoms. The van der Waals surface area contributed by atoms with Crippen LogP contribution in [0.1, 0.15) is 41.8 Å². The smallest absolute Gasteiger partial charge is 0.432 e. The first-order valence-electron chi connectivity index (χ1n) is 7.82. The molecular formula is C16H18BrCl2F3N2O. The molecule has 3 rings (SSSR count). The predicted octanol–water partition coefficient (Wildman–Crippen LogP) is 5.45. The van der Waals surface area contributed by atoms with Crippen LogP contribution in [0.25, 0.3) is 11.1 Å². The Bertz CT molecular complexity index is 764. The number of hydrogen-bond donors (Lipinski definition) is 1. The Labute approximate surface area is 163 Å². The molecule has 1 atom stereocenters. The van der Waals surface area contributed by atoms with E-state index in [0.29, 0.717) is 22.3 Å². The molecule has 3 nitrogen and oxygen atoms in total. The maximum Gasteiger partial charge on any atom is 0.468 e. The average molecular weight is 462 g/mol. The summed E-state index contributed by atoms with van der Waals surface area (Å²) >= 11 is 9.33. The standard InChI is InChI=1S/C16H17BrClF3N2O.ClH/c1-8(2-5-18)11-9-3-6-22-7-4-10(9)12(17)14-13(11)23-15(24-14)16(19,20)21;/h8,22H,2-7H2,1H3;1H. The van der Waals surface area contributed by atoms with Gasteiger partial charge in [0, 0.05) is 5.88 Å². The highest BCUT2D eigenvalue weighted by Crippen LogP contribution is 2.42. The van der Waals surface area contributed by atoms with E-state index in [1.165, 1.54) is 0 Å². The summed E-state index contributed by atoms with van der Waals surface area (Å²) in [6, 6.07) is 0. The van der Waals surface area contributed by atoms with Crippen molar-refractivity contribution in [2.24, 2.45) is 0 Å². The number of hydrogen-bond acceptors (Lipinski definition) is 3. The summed E-state index contributed by atoms with van der Waals surface area (Å²) in [4.78, 5) is 3.80. The van der Waals surface area contributed by atoms with E-state index in [1.807, 2.05) is 6.92 Å². The Morgan fingerprint density at radius 3 is 2.52 bits per heavy atom. The van der Waals surface area contributed by atoms with Crippen molar-refractivity contribution < 1.29 is 17.6 Å². The average Bonchev–Trinajstić information content (AvgIpc) is 2.81. The normalized spacial score (nSPS) is 16.2. The number of fused-ring (bicyclic) bond motifs is 2. The maximum absolute atomic E-state index is 13.1. The van der Waals surface area contributed by atoms with Crippen LogP contribution < -0.4 is 5.32 Å². The molecule has 2 heterocycles. The molecule has 1 aliphatic heterocycles. The van der Waals surface area contributed by atoms with Gasteiger partial charge in [0.1, 0.15) is 5.52 Å². The second kappa shape index (κ2) is 8.03. The lowest BCUT2D eigenvalue weighted by Gasteiger charge is -2.19. The van der Waals surface area contributed by atoms with Crippen LogP contribution >= 0.6 is 39.9 Å². The first-order valence-corrected chi connectivity index (χ1v) is 9.14. The lowest BCUT2D eigenvalue weighted by atomic mass is 9.87. The first-order chi connectivity index (χ1) is 11.3. The molecule has 0 saturated heterocycles. The molecule has 1 unspecified atom stereocenters. The molecule has 25 heavy (non-hydrogen) atoms. The van der Waals surface area contributed by atoms with E-state index in [-0.39, 0.29) is 23.9 Å². The highest BCUT2D eigenvalue weighted by atomic mass is 79.9. The number of rotatable bonds is 3. The SMILES string of the molecule is CC(CCCl)c1c2c(c(Br)c3oc(C(F)(F)F)nc13)CCNCC2.Cl. The van der Waals surface area contributed by atoms with Gasteiger partial charge in [-0.2, -0.15) is 13.2 Å². The van der Waals surface area contributed by atoms with Gasteiger partial charge in [0.15, 0.2) is 5.58 Å². The Morgan fingerprint density at radius 2 is 1.92 bits per heavy atom. The molecule has 1 N–H and O–H groups in total. The summed E-state index contributed by atoms with van der Waals surface area (Å²) in [5.41, 5.74) is 3.39. The molecule has 0 amide bonds. The number of nitrogens with one attached hydrogen (secondary N) is 1. The summed E-state index contributed by atoms with van der Waals surface area (Å²) in [5.74, 6) is -0.748. The van der Waals surface area contributed by atoms with Crippen molar-refractivity contribution in [3.63, 3.8) is 0 Å². The summed E-state index contributed by atoms with van der Waals surface area (Å²) in [5, 5.41) is 3.32. The number of halogens is 6. The minimum absolute atomic E-state index is 0. The third-order valence-electron chi connectivity index (χ3n) is 4.42. The van der Waals surface area contributed by atoms with E-state index in [2.05, 4.69) is 26.2 Å². The van der Waals surface area contributed by atoms with Crippen molar-refractivity contribution in [1.82, 2.24) is 10.3 Å². The van der Waals surface area contributed by atoms with Crippen LogP contribution in [0.5, 0.6) is 0 Å². The zero-order chi connectivity index (χ0) is 17.5.